The number of nitrogens with zero attached hydrogens (tertiary/aromatic N) is 2. The molecule has 7 heteroatoms. The largest absolute Gasteiger partial charge is 0.489 e. The Morgan fingerprint density at radius 1 is 1.07 bits per heavy atom. The van der Waals surface area contributed by atoms with E-state index in [1.54, 1.807) is 25.1 Å². The van der Waals surface area contributed by atoms with Crippen molar-refractivity contribution in [2.45, 2.75) is 13.5 Å². The normalized spacial score (nSPS) is 10.9. The van der Waals surface area contributed by atoms with Gasteiger partial charge < -0.3 is 13.9 Å². The summed E-state index contributed by atoms with van der Waals surface area (Å²) in [6, 6.07) is 17.4. The minimum atomic E-state index is -0.433. The molecule has 0 N–H and O–H groups in total. The lowest BCUT2D eigenvalue weighted by Crippen LogP contribution is -2.04. The Balaban J connectivity index is 1.66. The summed E-state index contributed by atoms with van der Waals surface area (Å²) in [7, 11) is 0. The fraction of sp³-hybridized carbons (Fsp3) is 0.136. The molecule has 0 saturated carbocycles. The van der Waals surface area contributed by atoms with Gasteiger partial charge >= 0.3 is 5.97 Å². The molecule has 0 spiro atoms. The van der Waals surface area contributed by atoms with Crippen LogP contribution < -0.4 is 4.74 Å². The highest BCUT2D eigenvalue weighted by atomic mass is 16.6. The van der Waals surface area contributed by atoms with Crippen LogP contribution in [0.25, 0.3) is 16.4 Å². The van der Waals surface area contributed by atoms with Gasteiger partial charge in [-0.25, -0.2) is 4.79 Å². The fourth-order valence-corrected chi connectivity index (χ4v) is 3.31. The molecule has 29 heavy (non-hydrogen) atoms. The molecule has 2 aromatic carbocycles. The number of benzene rings is 2. The van der Waals surface area contributed by atoms with Gasteiger partial charge in [0.05, 0.1) is 28.1 Å². The van der Waals surface area contributed by atoms with Crippen LogP contribution in [0.2, 0.25) is 0 Å². The minimum Gasteiger partial charge on any atom is -0.489 e. The first-order valence-corrected chi connectivity index (χ1v) is 9.14. The van der Waals surface area contributed by atoms with Crippen LogP contribution >= 0.6 is 0 Å². The van der Waals surface area contributed by atoms with Gasteiger partial charge in [0.25, 0.3) is 5.69 Å². The molecule has 0 atom stereocenters. The summed E-state index contributed by atoms with van der Waals surface area (Å²) in [5.74, 6) is 0.278. The van der Waals surface area contributed by atoms with Gasteiger partial charge in [0.2, 0.25) is 0 Å². The van der Waals surface area contributed by atoms with Gasteiger partial charge in [-0.1, -0.05) is 6.07 Å². The Labute approximate surface area is 166 Å². The molecular formula is C22H18N2O5. The van der Waals surface area contributed by atoms with E-state index in [4.69, 9.17) is 9.47 Å². The highest BCUT2D eigenvalue weighted by Gasteiger charge is 2.19. The van der Waals surface area contributed by atoms with Crippen molar-refractivity contribution in [3.8, 4) is 5.75 Å². The first-order valence-electron chi connectivity index (χ1n) is 9.14. The van der Waals surface area contributed by atoms with E-state index in [2.05, 4.69) is 0 Å². The third kappa shape index (κ3) is 3.50. The van der Waals surface area contributed by atoms with Crippen molar-refractivity contribution in [1.82, 2.24) is 4.40 Å². The summed E-state index contributed by atoms with van der Waals surface area (Å²) in [6.07, 6.45) is 1.89. The quantitative estimate of drug-likeness (QED) is 0.269. The zero-order chi connectivity index (χ0) is 20.4. The summed E-state index contributed by atoms with van der Waals surface area (Å²) < 4.78 is 13.0. The van der Waals surface area contributed by atoms with Crippen LogP contribution in [-0.4, -0.2) is 21.9 Å². The predicted octanol–water partition coefficient (Wildman–Crippen LogP) is 4.76. The number of aromatic nitrogens is 1. The van der Waals surface area contributed by atoms with E-state index in [0.29, 0.717) is 17.9 Å². The van der Waals surface area contributed by atoms with Gasteiger partial charge in [-0.2, -0.15) is 0 Å². The third-order valence-corrected chi connectivity index (χ3v) is 4.65. The lowest BCUT2D eigenvalue weighted by molar-refractivity contribution is -0.384. The van der Waals surface area contributed by atoms with E-state index in [9.17, 15) is 14.9 Å². The van der Waals surface area contributed by atoms with Gasteiger partial charge in [-0.15, -0.1) is 0 Å². The lowest BCUT2D eigenvalue weighted by atomic mass is 10.1. The second-order valence-corrected chi connectivity index (χ2v) is 6.44. The Morgan fingerprint density at radius 2 is 1.86 bits per heavy atom. The summed E-state index contributed by atoms with van der Waals surface area (Å²) >= 11 is 0. The monoisotopic (exact) mass is 390 g/mol. The number of hydrogen-bond acceptors (Lipinski definition) is 5. The molecule has 0 unspecified atom stereocenters. The molecule has 4 aromatic rings. The van der Waals surface area contributed by atoms with Crippen LogP contribution in [0.4, 0.5) is 5.69 Å². The van der Waals surface area contributed by atoms with Crippen molar-refractivity contribution in [1.29, 1.82) is 0 Å². The van der Waals surface area contributed by atoms with Crippen LogP contribution in [0.5, 0.6) is 5.75 Å². The average molecular weight is 390 g/mol. The van der Waals surface area contributed by atoms with Crippen LogP contribution in [0, 0.1) is 10.1 Å². The molecule has 0 radical (unpaired) electrons. The Morgan fingerprint density at radius 3 is 2.59 bits per heavy atom. The van der Waals surface area contributed by atoms with E-state index in [1.165, 1.54) is 12.1 Å². The van der Waals surface area contributed by atoms with Crippen molar-refractivity contribution < 1.29 is 19.2 Å². The van der Waals surface area contributed by atoms with E-state index in [-0.39, 0.29) is 18.3 Å². The second kappa shape index (κ2) is 7.63. The molecule has 2 aromatic heterocycles. The summed E-state index contributed by atoms with van der Waals surface area (Å²) in [5.41, 5.74) is 3.01. The smallest absolute Gasteiger partial charge is 0.340 e. The van der Waals surface area contributed by atoms with Crippen LogP contribution in [0.1, 0.15) is 22.8 Å². The molecule has 0 saturated heterocycles. The van der Waals surface area contributed by atoms with Crippen LogP contribution in [0.3, 0.4) is 0 Å². The molecule has 0 aliphatic rings. The SMILES string of the molecule is CCOC(=O)c1c2ccc(OCc3ccc([N+](=O)[O-])cc3)cc2n2ccccc12. The first-order chi connectivity index (χ1) is 14.1. The molecule has 146 valence electrons. The number of ether oxygens (including phenoxy) is 2. The minimum absolute atomic E-state index is 0.0429. The number of pyridine rings is 1. The van der Waals surface area contributed by atoms with Crippen molar-refractivity contribution >= 4 is 28.1 Å². The van der Waals surface area contributed by atoms with Crippen molar-refractivity contribution in [3.63, 3.8) is 0 Å². The Hall–Kier alpha value is -3.87. The summed E-state index contributed by atoms with van der Waals surface area (Å²) in [5, 5.41) is 11.5. The van der Waals surface area contributed by atoms with Gasteiger partial charge in [0, 0.05) is 29.8 Å². The Bertz CT molecular complexity index is 1210. The third-order valence-electron chi connectivity index (χ3n) is 4.65. The lowest BCUT2D eigenvalue weighted by Gasteiger charge is -2.07. The number of esters is 1. The van der Waals surface area contributed by atoms with Crippen LogP contribution in [0.15, 0.2) is 66.9 Å². The number of fused-ring (bicyclic) bond motifs is 3. The van der Waals surface area contributed by atoms with E-state index in [1.807, 2.05) is 40.9 Å². The fourth-order valence-electron chi connectivity index (χ4n) is 3.31. The highest BCUT2D eigenvalue weighted by molar-refractivity contribution is 6.11. The van der Waals surface area contributed by atoms with Crippen molar-refractivity contribution in [2.24, 2.45) is 0 Å². The zero-order valence-electron chi connectivity index (χ0n) is 15.7. The maximum absolute atomic E-state index is 12.5. The molecule has 0 aliphatic heterocycles. The molecule has 7 nitrogen and oxygen atoms in total. The predicted molar refractivity (Wildman–Crippen MR) is 108 cm³/mol. The van der Waals surface area contributed by atoms with Gasteiger partial charge in [-0.05, 0) is 48.9 Å². The number of carbonyl (C=O) groups is 1. The molecule has 0 amide bonds. The molecule has 0 bridgehead atoms. The zero-order valence-corrected chi connectivity index (χ0v) is 15.7. The number of nitro benzene ring substituents is 1. The van der Waals surface area contributed by atoms with Gasteiger partial charge in [-0.3, -0.25) is 10.1 Å². The number of rotatable bonds is 6. The van der Waals surface area contributed by atoms with E-state index in [0.717, 1.165) is 22.0 Å². The molecule has 0 fully saturated rings. The van der Waals surface area contributed by atoms with E-state index >= 15 is 0 Å². The van der Waals surface area contributed by atoms with Gasteiger partial charge in [0.15, 0.2) is 0 Å². The number of hydrogen-bond donors (Lipinski definition) is 0. The molecule has 4 rings (SSSR count). The van der Waals surface area contributed by atoms with Crippen LogP contribution in [-0.2, 0) is 11.3 Å². The second-order valence-electron chi connectivity index (χ2n) is 6.44. The topological polar surface area (TPSA) is 83.1 Å². The number of nitro groups is 1. The highest BCUT2D eigenvalue weighted by Crippen LogP contribution is 2.30. The summed E-state index contributed by atoms with van der Waals surface area (Å²) in [6.45, 7) is 2.36. The van der Waals surface area contributed by atoms with Gasteiger partial charge in [0.1, 0.15) is 12.4 Å². The van der Waals surface area contributed by atoms with E-state index < -0.39 is 4.92 Å². The Kier molecular flexibility index (Phi) is 4.87. The van der Waals surface area contributed by atoms with Crippen molar-refractivity contribution in [3.05, 3.63) is 88.1 Å². The molecule has 0 aliphatic carbocycles. The molecule has 2 heterocycles. The maximum atomic E-state index is 12.5. The number of carbonyl (C=O) groups excluding carboxylic acids is 1. The average Bonchev–Trinajstić information content (AvgIpc) is 3.06. The first kappa shape index (κ1) is 18.5. The molecular weight excluding hydrogens is 372 g/mol. The van der Waals surface area contributed by atoms with Crippen molar-refractivity contribution in [2.75, 3.05) is 6.61 Å². The summed E-state index contributed by atoms with van der Waals surface area (Å²) in [4.78, 5) is 22.8. The number of non-ortho nitro benzene ring substituents is 1. The standard InChI is InChI=1S/C22H18N2O5/c1-2-28-22(25)21-18-11-10-17(13-20(18)23-12-4-3-5-19(21)23)29-14-15-6-8-16(9-7-15)24(26)27/h3-13H,2,14H2,1H3. The maximum Gasteiger partial charge on any atom is 0.340 e.